The number of carbonyl (C=O) groups excluding carboxylic acids is 2. The smallest absolute Gasteiger partial charge is 0.221 e. The zero-order chi connectivity index (χ0) is 14.3. The Kier molecular flexibility index (Phi) is 6.27. The van der Waals surface area contributed by atoms with Crippen molar-refractivity contribution < 1.29 is 18.0 Å². The lowest BCUT2D eigenvalue weighted by Crippen LogP contribution is -2.30. The molecule has 1 atom stereocenters. The molecular weight excluding hydrogens is 268 g/mol. The van der Waals surface area contributed by atoms with E-state index in [9.17, 15) is 18.0 Å². The van der Waals surface area contributed by atoms with E-state index in [1.165, 1.54) is 6.92 Å². The van der Waals surface area contributed by atoms with Crippen LogP contribution in [0.1, 0.15) is 32.6 Å². The summed E-state index contributed by atoms with van der Waals surface area (Å²) in [5.74, 6) is 0.619. The van der Waals surface area contributed by atoms with Crippen LogP contribution in [0.15, 0.2) is 0 Å². The van der Waals surface area contributed by atoms with Gasteiger partial charge in [0.1, 0.15) is 0 Å². The number of carbonyl (C=O) groups is 2. The van der Waals surface area contributed by atoms with E-state index in [0.717, 1.165) is 19.3 Å². The summed E-state index contributed by atoms with van der Waals surface area (Å²) < 4.78 is 22.5. The molecule has 0 spiro atoms. The Bertz CT molecular complexity index is 419. The van der Waals surface area contributed by atoms with Gasteiger partial charge in [0.2, 0.25) is 11.8 Å². The van der Waals surface area contributed by atoms with Gasteiger partial charge in [0, 0.05) is 26.4 Å². The third-order valence-electron chi connectivity index (χ3n) is 3.16. The highest BCUT2D eigenvalue weighted by molar-refractivity contribution is 7.91. The van der Waals surface area contributed by atoms with Crippen molar-refractivity contribution in [2.45, 2.75) is 32.6 Å². The first-order chi connectivity index (χ1) is 8.89. The molecule has 1 unspecified atom stereocenters. The van der Waals surface area contributed by atoms with Crippen LogP contribution >= 0.6 is 0 Å². The average Bonchev–Trinajstić information content (AvgIpc) is 2.64. The fourth-order valence-electron chi connectivity index (χ4n) is 2.16. The molecule has 7 heteroatoms. The van der Waals surface area contributed by atoms with E-state index in [-0.39, 0.29) is 24.2 Å². The molecule has 110 valence electrons. The van der Waals surface area contributed by atoms with Crippen LogP contribution in [-0.4, -0.2) is 44.8 Å². The Balaban J connectivity index is 2.02. The molecule has 1 aliphatic heterocycles. The van der Waals surface area contributed by atoms with E-state index in [4.69, 9.17) is 0 Å². The van der Waals surface area contributed by atoms with Crippen LogP contribution in [0.4, 0.5) is 0 Å². The standard InChI is InChI=1S/C12H22N2O4S/c1-10(15)13-7-4-12(16)14-6-2-3-11-5-8-19(17,18)9-11/h11H,2-9H2,1H3,(H,13,15)(H,14,16). The second-order valence-corrected chi connectivity index (χ2v) is 7.22. The van der Waals surface area contributed by atoms with Crippen LogP contribution < -0.4 is 10.6 Å². The third-order valence-corrected chi connectivity index (χ3v) is 5.00. The van der Waals surface area contributed by atoms with Crippen molar-refractivity contribution in [3.05, 3.63) is 0 Å². The van der Waals surface area contributed by atoms with Gasteiger partial charge in [-0.15, -0.1) is 0 Å². The van der Waals surface area contributed by atoms with Crippen LogP contribution in [0.5, 0.6) is 0 Å². The van der Waals surface area contributed by atoms with Gasteiger partial charge >= 0.3 is 0 Å². The summed E-state index contributed by atoms with van der Waals surface area (Å²) >= 11 is 0. The SMILES string of the molecule is CC(=O)NCCC(=O)NCCCC1CCS(=O)(=O)C1. The van der Waals surface area contributed by atoms with E-state index in [1.807, 2.05) is 0 Å². The molecule has 0 aromatic carbocycles. The van der Waals surface area contributed by atoms with Crippen molar-refractivity contribution in [3.63, 3.8) is 0 Å². The highest BCUT2D eigenvalue weighted by Crippen LogP contribution is 2.22. The number of rotatable bonds is 7. The summed E-state index contributed by atoms with van der Waals surface area (Å²) in [5.41, 5.74) is 0. The summed E-state index contributed by atoms with van der Waals surface area (Å²) in [6.07, 6.45) is 2.66. The predicted molar refractivity (Wildman–Crippen MR) is 72.3 cm³/mol. The molecule has 0 saturated carbocycles. The number of sulfone groups is 1. The fraction of sp³-hybridized carbons (Fsp3) is 0.833. The number of hydrogen-bond donors (Lipinski definition) is 2. The molecule has 0 aliphatic carbocycles. The van der Waals surface area contributed by atoms with Gasteiger partial charge in [-0.1, -0.05) is 0 Å². The first-order valence-electron chi connectivity index (χ1n) is 6.60. The quantitative estimate of drug-likeness (QED) is 0.637. The maximum absolute atomic E-state index is 11.4. The zero-order valence-electron chi connectivity index (χ0n) is 11.3. The van der Waals surface area contributed by atoms with Gasteiger partial charge in [0.05, 0.1) is 11.5 Å². The van der Waals surface area contributed by atoms with Gasteiger partial charge in [-0.3, -0.25) is 9.59 Å². The lowest BCUT2D eigenvalue weighted by molar-refractivity contribution is -0.121. The molecule has 0 bridgehead atoms. The Morgan fingerprint density at radius 2 is 1.95 bits per heavy atom. The molecule has 1 saturated heterocycles. The van der Waals surface area contributed by atoms with Gasteiger partial charge in [-0.05, 0) is 25.2 Å². The molecule has 2 amide bonds. The minimum absolute atomic E-state index is 0.0900. The van der Waals surface area contributed by atoms with Crippen LogP contribution in [-0.2, 0) is 19.4 Å². The van der Waals surface area contributed by atoms with Gasteiger partial charge in [0.25, 0.3) is 0 Å². The van der Waals surface area contributed by atoms with Gasteiger partial charge in [-0.25, -0.2) is 8.42 Å². The molecular formula is C12H22N2O4S. The summed E-state index contributed by atoms with van der Waals surface area (Å²) in [6.45, 7) is 2.32. The monoisotopic (exact) mass is 290 g/mol. The van der Waals surface area contributed by atoms with Crippen molar-refractivity contribution in [1.29, 1.82) is 0 Å². The first kappa shape index (κ1) is 15.9. The van der Waals surface area contributed by atoms with Gasteiger partial charge in [0.15, 0.2) is 9.84 Å². The highest BCUT2D eigenvalue weighted by Gasteiger charge is 2.27. The topological polar surface area (TPSA) is 92.3 Å². The van der Waals surface area contributed by atoms with Crippen molar-refractivity contribution >= 4 is 21.7 Å². The summed E-state index contributed by atoms with van der Waals surface area (Å²) in [4.78, 5) is 22.0. The Hall–Kier alpha value is -1.11. The van der Waals surface area contributed by atoms with Crippen molar-refractivity contribution in [2.75, 3.05) is 24.6 Å². The Labute approximate surface area is 114 Å². The van der Waals surface area contributed by atoms with Gasteiger partial charge in [-0.2, -0.15) is 0 Å². The van der Waals surface area contributed by atoms with Crippen molar-refractivity contribution in [3.8, 4) is 0 Å². The van der Waals surface area contributed by atoms with E-state index in [0.29, 0.717) is 24.6 Å². The third kappa shape index (κ3) is 7.15. The van der Waals surface area contributed by atoms with Crippen LogP contribution in [0.3, 0.4) is 0 Å². The lowest BCUT2D eigenvalue weighted by Gasteiger charge is -2.08. The van der Waals surface area contributed by atoms with Gasteiger partial charge < -0.3 is 10.6 Å². The average molecular weight is 290 g/mol. The first-order valence-corrected chi connectivity index (χ1v) is 8.43. The molecule has 0 aromatic rings. The largest absolute Gasteiger partial charge is 0.356 e. The maximum Gasteiger partial charge on any atom is 0.221 e. The second kappa shape index (κ2) is 7.47. The van der Waals surface area contributed by atoms with E-state index < -0.39 is 9.84 Å². The number of nitrogens with one attached hydrogen (secondary N) is 2. The van der Waals surface area contributed by atoms with E-state index in [2.05, 4.69) is 10.6 Å². The molecule has 1 aliphatic rings. The minimum Gasteiger partial charge on any atom is -0.356 e. The molecule has 0 radical (unpaired) electrons. The normalized spacial score (nSPS) is 21.0. The summed E-state index contributed by atoms with van der Waals surface area (Å²) in [7, 11) is -2.80. The molecule has 1 heterocycles. The van der Waals surface area contributed by atoms with E-state index in [1.54, 1.807) is 0 Å². The number of hydrogen-bond acceptors (Lipinski definition) is 4. The maximum atomic E-state index is 11.4. The molecule has 1 fully saturated rings. The predicted octanol–water partition coefficient (Wildman–Crippen LogP) is -0.156. The molecule has 6 nitrogen and oxygen atoms in total. The van der Waals surface area contributed by atoms with E-state index >= 15 is 0 Å². The summed E-state index contributed by atoms with van der Waals surface area (Å²) in [6, 6.07) is 0. The van der Waals surface area contributed by atoms with Crippen LogP contribution in [0.2, 0.25) is 0 Å². The van der Waals surface area contributed by atoms with Crippen molar-refractivity contribution in [2.24, 2.45) is 5.92 Å². The van der Waals surface area contributed by atoms with Crippen LogP contribution in [0.25, 0.3) is 0 Å². The van der Waals surface area contributed by atoms with Crippen LogP contribution in [0, 0.1) is 5.92 Å². The Morgan fingerprint density at radius 3 is 2.53 bits per heavy atom. The fourth-order valence-corrected chi connectivity index (χ4v) is 4.07. The Morgan fingerprint density at radius 1 is 1.21 bits per heavy atom. The summed E-state index contributed by atoms with van der Waals surface area (Å²) in [5, 5.41) is 5.32. The minimum atomic E-state index is -2.80. The molecule has 0 aromatic heterocycles. The second-order valence-electron chi connectivity index (χ2n) is 4.99. The molecule has 2 N–H and O–H groups in total. The lowest BCUT2D eigenvalue weighted by atomic mass is 10.0. The molecule has 1 rings (SSSR count). The molecule has 19 heavy (non-hydrogen) atoms. The zero-order valence-corrected chi connectivity index (χ0v) is 12.1. The van der Waals surface area contributed by atoms with Crippen molar-refractivity contribution in [1.82, 2.24) is 10.6 Å². The number of amides is 2. The highest BCUT2D eigenvalue weighted by atomic mass is 32.2.